The zero-order chi connectivity index (χ0) is 17.7. The van der Waals surface area contributed by atoms with Crippen molar-refractivity contribution in [3.05, 3.63) is 89.5 Å². The second kappa shape index (κ2) is 5.73. The smallest absolute Gasteiger partial charge is 0.335 e. The lowest BCUT2D eigenvalue weighted by molar-refractivity contribution is 0.0697. The van der Waals surface area contributed by atoms with Crippen LogP contribution in [0.5, 0.6) is 0 Å². The van der Waals surface area contributed by atoms with Gasteiger partial charge in [-0.05, 0) is 41.0 Å². The maximum Gasteiger partial charge on any atom is 0.335 e. The van der Waals surface area contributed by atoms with E-state index in [1.165, 1.54) is 22.0 Å². The molecular weight excluding hydrogens is 322 g/mol. The molecule has 0 spiro atoms. The fraction of sp³-hybridized carbons (Fsp3) is 0.174. The molecule has 128 valence electrons. The highest BCUT2D eigenvalue weighted by molar-refractivity contribution is 5.96. The molecule has 2 aliphatic rings. The molecule has 5 rings (SSSR count). The van der Waals surface area contributed by atoms with Gasteiger partial charge in [0.2, 0.25) is 0 Å². The Balaban J connectivity index is 1.63. The van der Waals surface area contributed by atoms with Gasteiger partial charge in [0.15, 0.2) is 0 Å². The van der Waals surface area contributed by atoms with Crippen LogP contribution in [0.25, 0.3) is 10.8 Å². The molecule has 3 aromatic carbocycles. The van der Waals surface area contributed by atoms with Crippen LogP contribution in [-0.2, 0) is 0 Å². The van der Waals surface area contributed by atoms with Crippen molar-refractivity contribution in [2.75, 3.05) is 5.32 Å². The first-order chi connectivity index (χ1) is 12.7. The van der Waals surface area contributed by atoms with Crippen LogP contribution in [0.15, 0.2) is 72.8 Å². The molecule has 0 aromatic heterocycles. The molecule has 0 saturated carbocycles. The van der Waals surface area contributed by atoms with Crippen LogP contribution in [-0.4, -0.2) is 11.1 Å². The number of anilines is 1. The zero-order valence-electron chi connectivity index (χ0n) is 14.2. The van der Waals surface area contributed by atoms with Crippen LogP contribution in [0.3, 0.4) is 0 Å². The highest BCUT2D eigenvalue weighted by Gasteiger charge is 2.38. The molecule has 3 nitrogen and oxygen atoms in total. The molecule has 26 heavy (non-hydrogen) atoms. The average molecular weight is 341 g/mol. The first-order valence-electron chi connectivity index (χ1n) is 9.00. The maximum atomic E-state index is 11.2. The summed E-state index contributed by atoms with van der Waals surface area (Å²) in [6.45, 7) is 0. The van der Waals surface area contributed by atoms with Gasteiger partial charge in [0.1, 0.15) is 0 Å². The van der Waals surface area contributed by atoms with Crippen LogP contribution in [0.4, 0.5) is 5.69 Å². The van der Waals surface area contributed by atoms with Gasteiger partial charge in [0.25, 0.3) is 0 Å². The summed E-state index contributed by atoms with van der Waals surface area (Å²) < 4.78 is 0. The van der Waals surface area contributed by atoms with Crippen molar-refractivity contribution in [1.82, 2.24) is 0 Å². The zero-order valence-corrected chi connectivity index (χ0v) is 14.2. The third kappa shape index (κ3) is 2.24. The highest BCUT2D eigenvalue weighted by atomic mass is 16.4. The van der Waals surface area contributed by atoms with Crippen molar-refractivity contribution >= 4 is 22.4 Å². The third-order valence-corrected chi connectivity index (χ3v) is 5.78. The SMILES string of the molecule is O=C(O)c1ccc([C@H]2Nc3c(ccc4ccccc34)C3C=CCC32)cc1. The van der Waals surface area contributed by atoms with E-state index in [9.17, 15) is 4.79 Å². The van der Waals surface area contributed by atoms with E-state index in [2.05, 4.69) is 53.9 Å². The quantitative estimate of drug-likeness (QED) is 0.617. The molecule has 1 heterocycles. The molecule has 0 saturated heterocycles. The number of carbonyl (C=O) groups is 1. The van der Waals surface area contributed by atoms with Gasteiger partial charge >= 0.3 is 5.97 Å². The predicted octanol–water partition coefficient (Wildman–Crippen LogP) is 5.36. The Morgan fingerprint density at radius 1 is 1.00 bits per heavy atom. The summed E-state index contributed by atoms with van der Waals surface area (Å²) in [6, 6.07) is 20.4. The fourth-order valence-corrected chi connectivity index (χ4v) is 4.50. The minimum atomic E-state index is -0.884. The summed E-state index contributed by atoms with van der Waals surface area (Å²) in [7, 11) is 0. The molecule has 0 bridgehead atoms. The molecule has 2 unspecified atom stereocenters. The molecular formula is C23H19NO2. The normalized spacial score (nSPS) is 23.3. The van der Waals surface area contributed by atoms with E-state index in [1.807, 2.05) is 12.1 Å². The number of hydrogen-bond donors (Lipinski definition) is 2. The Bertz CT molecular complexity index is 1040. The molecule has 3 heteroatoms. The van der Waals surface area contributed by atoms with Gasteiger partial charge in [-0.2, -0.15) is 0 Å². The van der Waals surface area contributed by atoms with Crippen molar-refractivity contribution in [1.29, 1.82) is 0 Å². The molecule has 1 aliphatic heterocycles. The third-order valence-electron chi connectivity index (χ3n) is 5.78. The molecule has 3 aromatic rings. The standard InChI is InChI=1S/C23H19NO2/c25-23(26)16-10-8-15(9-11-16)21-19-7-3-6-18(19)20-13-12-14-4-1-2-5-17(14)22(20)24-21/h1-6,8-13,18-19,21,24H,7H2,(H,25,26)/t18?,19?,21-/m1/s1. The molecule has 2 N–H and O–H groups in total. The minimum Gasteiger partial charge on any atom is -0.478 e. The van der Waals surface area contributed by atoms with Gasteiger partial charge < -0.3 is 10.4 Å². The summed E-state index contributed by atoms with van der Waals surface area (Å²) in [5.74, 6) is -0.0238. The van der Waals surface area contributed by atoms with E-state index in [0.717, 1.165) is 12.0 Å². The molecule has 0 fully saturated rings. The van der Waals surface area contributed by atoms with E-state index < -0.39 is 5.97 Å². The van der Waals surface area contributed by atoms with Gasteiger partial charge in [-0.15, -0.1) is 0 Å². The van der Waals surface area contributed by atoms with Crippen molar-refractivity contribution in [2.24, 2.45) is 5.92 Å². The number of aromatic carboxylic acids is 1. The summed E-state index contributed by atoms with van der Waals surface area (Å²) >= 11 is 0. The van der Waals surface area contributed by atoms with Gasteiger partial charge in [-0.1, -0.05) is 60.7 Å². The van der Waals surface area contributed by atoms with E-state index in [1.54, 1.807) is 12.1 Å². The summed E-state index contributed by atoms with van der Waals surface area (Å²) in [4.78, 5) is 11.2. The first kappa shape index (κ1) is 15.2. The fourth-order valence-electron chi connectivity index (χ4n) is 4.50. The lowest BCUT2D eigenvalue weighted by atomic mass is 9.76. The summed E-state index contributed by atoms with van der Waals surface area (Å²) in [5, 5.41) is 15.4. The Morgan fingerprint density at radius 3 is 2.62 bits per heavy atom. The number of carboxylic acid groups (broad SMARTS) is 1. The largest absolute Gasteiger partial charge is 0.478 e. The van der Waals surface area contributed by atoms with Gasteiger partial charge in [0.05, 0.1) is 11.6 Å². The van der Waals surface area contributed by atoms with Crippen LogP contribution in [0.2, 0.25) is 0 Å². The van der Waals surface area contributed by atoms with Gasteiger partial charge in [-0.3, -0.25) is 0 Å². The monoisotopic (exact) mass is 341 g/mol. The number of nitrogens with one attached hydrogen (secondary N) is 1. The number of benzene rings is 3. The number of fused-ring (bicyclic) bond motifs is 5. The van der Waals surface area contributed by atoms with Crippen molar-refractivity contribution in [3.63, 3.8) is 0 Å². The van der Waals surface area contributed by atoms with Crippen LogP contribution in [0, 0.1) is 5.92 Å². The second-order valence-corrected chi connectivity index (χ2v) is 7.15. The van der Waals surface area contributed by atoms with Gasteiger partial charge in [0, 0.05) is 17.0 Å². The van der Waals surface area contributed by atoms with E-state index >= 15 is 0 Å². The maximum absolute atomic E-state index is 11.2. The van der Waals surface area contributed by atoms with Crippen LogP contribution in [0.1, 0.15) is 39.9 Å². The molecule has 1 aliphatic carbocycles. The molecule has 0 amide bonds. The second-order valence-electron chi connectivity index (χ2n) is 7.15. The van der Waals surface area contributed by atoms with E-state index in [4.69, 9.17) is 5.11 Å². The number of allylic oxidation sites excluding steroid dienone is 2. The average Bonchev–Trinajstić information content (AvgIpc) is 3.17. The lowest BCUT2D eigenvalue weighted by Crippen LogP contribution is -2.29. The van der Waals surface area contributed by atoms with Crippen LogP contribution >= 0.6 is 0 Å². The number of rotatable bonds is 2. The molecule has 3 atom stereocenters. The van der Waals surface area contributed by atoms with E-state index in [-0.39, 0.29) is 6.04 Å². The minimum absolute atomic E-state index is 0.177. The lowest BCUT2D eigenvalue weighted by Gasteiger charge is -2.38. The Morgan fingerprint density at radius 2 is 1.81 bits per heavy atom. The number of hydrogen-bond acceptors (Lipinski definition) is 2. The highest BCUT2D eigenvalue weighted by Crippen LogP contribution is 2.51. The number of carboxylic acids is 1. The Labute approximate surface area is 152 Å². The van der Waals surface area contributed by atoms with Gasteiger partial charge in [-0.25, -0.2) is 4.79 Å². The topological polar surface area (TPSA) is 49.3 Å². The van der Waals surface area contributed by atoms with Crippen LogP contribution < -0.4 is 5.32 Å². The predicted molar refractivity (Wildman–Crippen MR) is 104 cm³/mol. The molecule has 0 radical (unpaired) electrons. The summed E-state index contributed by atoms with van der Waals surface area (Å²) in [5.41, 5.74) is 4.05. The Kier molecular flexibility index (Phi) is 3.35. The summed E-state index contributed by atoms with van der Waals surface area (Å²) in [6.07, 6.45) is 5.65. The van der Waals surface area contributed by atoms with Crippen molar-refractivity contribution < 1.29 is 9.90 Å². The van der Waals surface area contributed by atoms with Crippen molar-refractivity contribution in [2.45, 2.75) is 18.4 Å². The van der Waals surface area contributed by atoms with E-state index in [0.29, 0.717) is 17.4 Å². The first-order valence-corrected chi connectivity index (χ1v) is 9.00. The van der Waals surface area contributed by atoms with Crippen molar-refractivity contribution in [3.8, 4) is 0 Å². The Hall–Kier alpha value is -3.07.